The highest BCUT2D eigenvalue weighted by molar-refractivity contribution is 6.74. The number of hydrogen-bond acceptors (Lipinski definition) is 5. The second kappa shape index (κ2) is 8.37. The van der Waals surface area contributed by atoms with Gasteiger partial charge in [0.2, 0.25) is 0 Å². The van der Waals surface area contributed by atoms with Crippen molar-refractivity contribution in [1.29, 1.82) is 0 Å². The zero-order chi connectivity index (χ0) is 19.4. The lowest BCUT2D eigenvalue weighted by Crippen LogP contribution is -2.45. The molecule has 0 fully saturated rings. The number of carbonyl (C=O) groups excluding carboxylic acids is 1. The van der Waals surface area contributed by atoms with Crippen LogP contribution in [0.1, 0.15) is 26.3 Å². The molecule has 0 saturated carbocycles. The van der Waals surface area contributed by atoms with Gasteiger partial charge < -0.3 is 18.6 Å². The number of methoxy groups -OCH3 is 1. The number of hydrogen-bond donors (Lipinski definition) is 0. The number of rotatable bonds is 8. The van der Waals surface area contributed by atoms with Crippen LogP contribution in [0.15, 0.2) is 36.4 Å². The lowest BCUT2D eigenvalue weighted by molar-refractivity contribution is -0.146. The van der Waals surface area contributed by atoms with E-state index in [2.05, 4.69) is 33.9 Å². The highest BCUT2D eigenvalue weighted by Gasteiger charge is 2.39. The predicted octanol–water partition coefficient (Wildman–Crippen LogP) is 4.08. The molecule has 0 spiro atoms. The molecule has 0 unspecified atom stereocenters. The van der Waals surface area contributed by atoms with Gasteiger partial charge in [0, 0.05) is 6.08 Å². The van der Waals surface area contributed by atoms with E-state index in [0.717, 1.165) is 11.3 Å². The van der Waals surface area contributed by atoms with Crippen molar-refractivity contribution in [2.24, 2.45) is 0 Å². The topological polar surface area (TPSA) is 54.0 Å². The summed E-state index contributed by atoms with van der Waals surface area (Å²) < 4.78 is 22.9. The van der Waals surface area contributed by atoms with Gasteiger partial charge >= 0.3 is 5.97 Å². The third-order valence-electron chi connectivity index (χ3n) is 5.08. The molecule has 0 radical (unpaired) electrons. The van der Waals surface area contributed by atoms with Crippen molar-refractivity contribution in [3.05, 3.63) is 42.0 Å². The standard InChI is InChI=1S/C20H30O5Si/c1-20(2,3)26(5,6)24-14-18(17-11-12-19(21)25-17)23-13-15-7-9-16(22-4)10-8-15/h7-12,17-18H,13-14H2,1-6H3/t17-,18+/m1/s1. The van der Waals surface area contributed by atoms with Crippen LogP contribution < -0.4 is 4.74 Å². The molecule has 0 amide bonds. The Morgan fingerprint density at radius 3 is 2.35 bits per heavy atom. The second-order valence-corrected chi connectivity index (χ2v) is 12.8. The third-order valence-corrected chi connectivity index (χ3v) is 9.58. The van der Waals surface area contributed by atoms with Crippen LogP contribution in [0.4, 0.5) is 0 Å². The normalized spacial score (nSPS) is 18.7. The van der Waals surface area contributed by atoms with Crippen LogP contribution in [-0.2, 0) is 25.3 Å². The van der Waals surface area contributed by atoms with Gasteiger partial charge in [0.15, 0.2) is 8.32 Å². The zero-order valence-electron chi connectivity index (χ0n) is 16.6. The number of cyclic esters (lactones) is 1. The van der Waals surface area contributed by atoms with Crippen molar-refractivity contribution < 1.29 is 23.4 Å². The molecule has 1 heterocycles. The summed E-state index contributed by atoms with van der Waals surface area (Å²) in [5.74, 6) is 0.472. The highest BCUT2D eigenvalue weighted by atomic mass is 28.4. The second-order valence-electron chi connectivity index (χ2n) is 8.03. The zero-order valence-corrected chi connectivity index (χ0v) is 17.6. The Hall–Kier alpha value is -1.63. The molecule has 2 rings (SSSR count). The fourth-order valence-corrected chi connectivity index (χ4v) is 3.27. The molecule has 0 aliphatic carbocycles. The lowest BCUT2D eigenvalue weighted by atomic mass is 10.2. The molecule has 0 aromatic heterocycles. The van der Waals surface area contributed by atoms with Crippen LogP contribution >= 0.6 is 0 Å². The summed E-state index contributed by atoms with van der Waals surface area (Å²) in [6.45, 7) is 11.8. The number of esters is 1. The Morgan fingerprint density at radius 2 is 1.85 bits per heavy atom. The maximum atomic E-state index is 11.5. The summed E-state index contributed by atoms with van der Waals surface area (Å²) in [6, 6.07) is 7.72. The monoisotopic (exact) mass is 378 g/mol. The van der Waals surface area contributed by atoms with E-state index < -0.39 is 14.4 Å². The van der Waals surface area contributed by atoms with Crippen molar-refractivity contribution in [1.82, 2.24) is 0 Å². The third kappa shape index (κ3) is 5.43. The fourth-order valence-electron chi connectivity index (χ4n) is 2.26. The average molecular weight is 379 g/mol. The quantitative estimate of drug-likeness (QED) is 0.504. The smallest absolute Gasteiger partial charge is 0.331 e. The Bertz CT molecular complexity index is 631. The fraction of sp³-hybridized carbons (Fsp3) is 0.550. The van der Waals surface area contributed by atoms with Gasteiger partial charge in [0.25, 0.3) is 0 Å². The molecular formula is C20H30O5Si. The lowest BCUT2D eigenvalue weighted by Gasteiger charge is -2.37. The van der Waals surface area contributed by atoms with Crippen LogP contribution in [0, 0.1) is 0 Å². The van der Waals surface area contributed by atoms with Gasteiger partial charge in [-0.15, -0.1) is 0 Å². The maximum absolute atomic E-state index is 11.5. The maximum Gasteiger partial charge on any atom is 0.331 e. The molecule has 0 bridgehead atoms. The Morgan fingerprint density at radius 1 is 1.19 bits per heavy atom. The van der Waals surface area contributed by atoms with Crippen molar-refractivity contribution in [3.8, 4) is 5.75 Å². The van der Waals surface area contributed by atoms with Crippen LogP contribution in [0.5, 0.6) is 5.75 Å². The van der Waals surface area contributed by atoms with E-state index in [1.54, 1.807) is 13.2 Å². The van der Waals surface area contributed by atoms with E-state index in [9.17, 15) is 4.79 Å². The van der Waals surface area contributed by atoms with E-state index in [-0.39, 0.29) is 17.1 Å². The number of carbonyl (C=O) groups is 1. The first kappa shape index (κ1) is 20.7. The minimum atomic E-state index is -1.92. The number of ether oxygens (including phenoxy) is 3. The summed E-state index contributed by atoms with van der Waals surface area (Å²) in [5, 5.41) is 0.107. The molecular weight excluding hydrogens is 348 g/mol. The van der Waals surface area contributed by atoms with Gasteiger partial charge in [-0.05, 0) is 41.9 Å². The SMILES string of the molecule is COc1ccc(CO[C@@H](CO[Si](C)(C)C(C)(C)C)[C@H]2C=CC(=O)O2)cc1. The first-order chi connectivity index (χ1) is 12.1. The molecule has 1 aliphatic rings. The minimum absolute atomic E-state index is 0.107. The predicted molar refractivity (Wildman–Crippen MR) is 104 cm³/mol. The van der Waals surface area contributed by atoms with Gasteiger partial charge in [-0.1, -0.05) is 32.9 Å². The van der Waals surface area contributed by atoms with Crippen LogP contribution in [0.3, 0.4) is 0 Å². The molecule has 0 saturated heterocycles. The summed E-state index contributed by atoms with van der Waals surface area (Å²) in [5.41, 5.74) is 1.02. The molecule has 26 heavy (non-hydrogen) atoms. The van der Waals surface area contributed by atoms with Crippen LogP contribution in [-0.4, -0.2) is 40.2 Å². The van der Waals surface area contributed by atoms with Crippen molar-refractivity contribution in [3.63, 3.8) is 0 Å². The van der Waals surface area contributed by atoms with E-state index >= 15 is 0 Å². The van der Waals surface area contributed by atoms with Crippen LogP contribution in [0.25, 0.3) is 0 Å². The first-order valence-electron chi connectivity index (χ1n) is 8.90. The van der Waals surface area contributed by atoms with E-state index in [0.29, 0.717) is 13.2 Å². The first-order valence-corrected chi connectivity index (χ1v) is 11.8. The van der Waals surface area contributed by atoms with Gasteiger partial charge in [-0.2, -0.15) is 0 Å². The van der Waals surface area contributed by atoms with Crippen molar-refractivity contribution in [2.75, 3.05) is 13.7 Å². The van der Waals surface area contributed by atoms with Crippen molar-refractivity contribution >= 4 is 14.3 Å². The van der Waals surface area contributed by atoms with Gasteiger partial charge in [-0.25, -0.2) is 4.79 Å². The van der Waals surface area contributed by atoms with Crippen molar-refractivity contribution in [2.45, 2.75) is 57.7 Å². The van der Waals surface area contributed by atoms with E-state index in [1.807, 2.05) is 24.3 Å². The average Bonchev–Trinajstić information content (AvgIpc) is 3.00. The molecule has 144 valence electrons. The summed E-state index contributed by atoms with van der Waals surface area (Å²) >= 11 is 0. The Balaban J connectivity index is 2.01. The Labute approximate surface area is 157 Å². The van der Waals surface area contributed by atoms with Gasteiger partial charge in [0.05, 0.1) is 20.3 Å². The molecule has 5 nitrogen and oxygen atoms in total. The molecule has 0 N–H and O–H groups in total. The highest BCUT2D eigenvalue weighted by Crippen LogP contribution is 2.36. The minimum Gasteiger partial charge on any atom is -0.497 e. The molecule has 1 aromatic rings. The molecule has 1 aliphatic heterocycles. The summed E-state index contributed by atoms with van der Waals surface area (Å²) in [4.78, 5) is 11.5. The van der Waals surface area contributed by atoms with Gasteiger partial charge in [-0.3, -0.25) is 0 Å². The van der Waals surface area contributed by atoms with Crippen LogP contribution in [0.2, 0.25) is 18.1 Å². The molecule has 6 heteroatoms. The van der Waals surface area contributed by atoms with Gasteiger partial charge in [0.1, 0.15) is 18.0 Å². The Kier molecular flexibility index (Phi) is 6.66. The summed E-state index contributed by atoms with van der Waals surface area (Å²) in [7, 11) is -0.278. The van der Waals surface area contributed by atoms with E-state index in [1.165, 1.54) is 6.08 Å². The number of benzene rings is 1. The summed E-state index contributed by atoms with van der Waals surface area (Å²) in [6.07, 6.45) is 2.44. The van der Waals surface area contributed by atoms with E-state index in [4.69, 9.17) is 18.6 Å². The molecule has 2 atom stereocenters. The largest absolute Gasteiger partial charge is 0.497 e. The molecule has 1 aromatic carbocycles.